The summed E-state index contributed by atoms with van der Waals surface area (Å²) >= 11 is 0. The van der Waals surface area contributed by atoms with E-state index in [1.54, 1.807) is 0 Å². The molecule has 0 bridgehead atoms. The number of carboxylic acids is 1. The third-order valence-electron chi connectivity index (χ3n) is 3.16. The van der Waals surface area contributed by atoms with Crippen molar-refractivity contribution in [2.75, 3.05) is 6.54 Å². The molecular formula is C14H21N3O5. The highest BCUT2D eigenvalue weighted by Crippen LogP contribution is 2.23. The average Bonchev–Trinajstić information content (AvgIpc) is 2.46. The van der Waals surface area contributed by atoms with Gasteiger partial charge in [-0.15, -0.1) is 0 Å². The van der Waals surface area contributed by atoms with Gasteiger partial charge in [-0.05, 0) is 31.0 Å². The first-order valence-corrected chi connectivity index (χ1v) is 6.84. The van der Waals surface area contributed by atoms with E-state index in [4.69, 9.17) is 11.5 Å². The quantitative estimate of drug-likeness (QED) is 0.369. The second-order valence-corrected chi connectivity index (χ2v) is 4.95. The number of carbonyl (C=O) groups is 2. The highest BCUT2D eigenvalue weighted by Gasteiger charge is 2.24. The van der Waals surface area contributed by atoms with Crippen LogP contribution in [0.3, 0.4) is 0 Å². The van der Waals surface area contributed by atoms with Gasteiger partial charge in [0.05, 0.1) is 6.04 Å². The van der Waals surface area contributed by atoms with Crippen LogP contribution < -0.4 is 16.8 Å². The number of carbonyl (C=O) groups excluding carboxylic acids is 1. The topological polar surface area (TPSA) is 159 Å². The van der Waals surface area contributed by atoms with Crippen LogP contribution in [0.2, 0.25) is 0 Å². The lowest BCUT2D eigenvalue weighted by atomic mass is 10.0. The Labute approximate surface area is 127 Å². The summed E-state index contributed by atoms with van der Waals surface area (Å²) < 4.78 is 0. The number of nitrogens with two attached hydrogens (primary N) is 2. The van der Waals surface area contributed by atoms with Crippen molar-refractivity contribution in [2.45, 2.75) is 31.3 Å². The second-order valence-electron chi connectivity index (χ2n) is 4.95. The van der Waals surface area contributed by atoms with Crippen molar-refractivity contribution in [3.63, 3.8) is 0 Å². The highest BCUT2D eigenvalue weighted by atomic mass is 16.4. The molecule has 1 aromatic carbocycles. The fourth-order valence-corrected chi connectivity index (χ4v) is 1.89. The number of rotatable bonds is 8. The maximum atomic E-state index is 11.9. The number of carboxylic acid groups (broad SMARTS) is 1. The Kier molecular flexibility index (Phi) is 6.61. The van der Waals surface area contributed by atoms with Crippen molar-refractivity contribution in [3.05, 3.63) is 23.8 Å². The number of hydrogen-bond donors (Lipinski definition) is 6. The van der Waals surface area contributed by atoms with E-state index in [0.29, 0.717) is 24.9 Å². The normalized spacial score (nSPS) is 13.4. The van der Waals surface area contributed by atoms with Crippen molar-refractivity contribution in [1.82, 2.24) is 5.32 Å². The van der Waals surface area contributed by atoms with Crippen LogP contribution in [0, 0.1) is 0 Å². The molecule has 122 valence electrons. The molecule has 0 saturated heterocycles. The summed E-state index contributed by atoms with van der Waals surface area (Å²) in [4.78, 5) is 23.1. The number of phenols is 2. The first-order valence-electron chi connectivity index (χ1n) is 6.84. The number of aromatic hydroxyl groups is 2. The molecule has 1 aromatic rings. The van der Waals surface area contributed by atoms with Crippen molar-refractivity contribution in [2.24, 2.45) is 11.5 Å². The summed E-state index contributed by atoms with van der Waals surface area (Å²) in [6.45, 7) is 0.394. The molecule has 0 saturated carbocycles. The summed E-state index contributed by atoms with van der Waals surface area (Å²) in [5.74, 6) is -2.21. The predicted molar refractivity (Wildman–Crippen MR) is 79.3 cm³/mol. The molecule has 0 fully saturated rings. The van der Waals surface area contributed by atoms with Gasteiger partial charge in [-0.25, -0.2) is 4.79 Å². The molecule has 0 aliphatic rings. The molecule has 0 aliphatic heterocycles. The summed E-state index contributed by atoms with van der Waals surface area (Å²) in [5.41, 5.74) is 11.3. The van der Waals surface area contributed by atoms with E-state index in [-0.39, 0.29) is 17.9 Å². The van der Waals surface area contributed by atoms with Gasteiger partial charge in [0.15, 0.2) is 0 Å². The van der Waals surface area contributed by atoms with E-state index in [1.165, 1.54) is 12.1 Å². The summed E-state index contributed by atoms with van der Waals surface area (Å²) in [7, 11) is 0. The minimum atomic E-state index is -1.24. The average molecular weight is 311 g/mol. The van der Waals surface area contributed by atoms with Crippen LogP contribution in [-0.4, -0.2) is 45.8 Å². The van der Waals surface area contributed by atoms with Crippen LogP contribution in [0.25, 0.3) is 0 Å². The van der Waals surface area contributed by atoms with Gasteiger partial charge < -0.3 is 32.1 Å². The summed E-state index contributed by atoms with van der Waals surface area (Å²) in [6, 6.07) is 1.75. The van der Waals surface area contributed by atoms with Gasteiger partial charge in [-0.1, -0.05) is 6.07 Å². The Balaban J connectivity index is 2.73. The molecule has 8 nitrogen and oxygen atoms in total. The van der Waals surface area contributed by atoms with E-state index < -0.39 is 24.0 Å². The molecular weight excluding hydrogens is 290 g/mol. The van der Waals surface area contributed by atoms with Gasteiger partial charge in [0.2, 0.25) is 5.91 Å². The number of benzene rings is 1. The van der Waals surface area contributed by atoms with E-state index in [1.807, 2.05) is 0 Å². The largest absolute Gasteiger partial charge is 0.508 e. The number of nitrogens with one attached hydrogen (secondary N) is 1. The van der Waals surface area contributed by atoms with E-state index in [0.717, 1.165) is 6.07 Å². The van der Waals surface area contributed by atoms with Crippen molar-refractivity contribution < 1.29 is 24.9 Å². The van der Waals surface area contributed by atoms with Crippen molar-refractivity contribution >= 4 is 11.9 Å². The Morgan fingerprint density at radius 1 is 1.27 bits per heavy atom. The molecule has 8 heteroatoms. The fourth-order valence-electron chi connectivity index (χ4n) is 1.89. The molecule has 0 spiro atoms. The zero-order chi connectivity index (χ0) is 16.7. The van der Waals surface area contributed by atoms with Crippen LogP contribution in [0.1, 0.15) is 18.4 Å². The first kappa shape index (κ1) is 17.7. The van der Waals surface area contributed by atoms with Gasteiger partial charge in [-0.2, -0.15) is 0 Å². The standard InChI is InChI=1S/C14H21N3O5/c15-5-1-2-10(16)13(20)17-11(14(21)22)6-8-3-4-9(18)7-12(8)19/h3-4,7,10-11,18-19H,1-2,5-6,15-16H2,(H,17,20)(H,21,22)/t10-,11-/m0/s1. The van der Waals surface area contributed by atoms with Gasteiger partial charge >= 0.3 is 5.97 Å². The molecule has 8 N–H and O–H groups in total. The molecule has 1 amide bonds. The summed E-state index contributed by atoms with van der Waals surface area (Å²) in [5, 5.41) is 30.4. The van der Waals surface area contributed by atoms with Crippen molar-refractivity contribution in [3.8, 4) is 11.5 Å². The van der Waals surface area contributed by atoms with E-state index >= 15 is 0 Å². The molecule has 22 heavy (non-hydrogen) atoms. The molecule has 0 aromatic heterocycles. The first-order chi connectivity index (χ1) is 10.3. The van der Waals surface area contributed by atoms with Gasteiger partial charge in [-0.3, -0.25) is 4.79 Å². The minimum absolute atomic E-state index is 0.128. The second kappa shape index (κ2) is 8.20. The van der Waals surface area contributed by atoms with Crippen LogP contribution in [0.4, 0.5) is 0 Å². The predicted octanol–water partition coefficient (Wildman–Crippen LogP) is -0.724. The molecule has 0 unspecified atom stereocenters. The van der Waals surface area contributed by atoms with E-state index in [9.17, 15) is 24.9 Å². The van der Waals surface area contributed by atoms with Crippen LogP contribution >= 0.6 is 0 Å². The molecule has 2 atom stereocenters. The smallest absolute Gasteiger partial charge is 0.326 e. The fraction of sp³-hybridized carbons (Fsp3) is 0.429. The third kappa shape index (κ3) is 5.23. The third-order valence-corrected chi connectivity index (χ3v) is 3.16. The van der Waals surface area contributed by atoms with Crippen LogP contribution in [0.5, 0.6) is 11.5 Å². The van der Waals surface area contributed by atoms with Gasteiger partial charge in [0.25, 0.3) is 0 Å². The maximum absolute atomic E-state index is 11.9. The number of amides is 1. The number of phenolic OH excluding ortho intramolecular Hbond substituents is 2. The maximum Gasteiger partial charge on any atom is 0.326 e. The number of hydrogen-bond acceptors (Lipinski definition) is 6. The Hall–Kier alpha value is -2.32. The summed E-state index contributed by atoms with van der Waals surface area (Å²) in [6.07, 6.45) is 0.793. The lowest BCUT2D eigenvalue weighted by Gasteiger charge is -2.18. The Morgan fingerprint density at radius 3 is 2.50 bits per heavy atom. The monoisotopic (exact) mass is 311 g/mol. The van der Waals surface area contributed by atoms with Gasteiger partial charge in [0.1, 0.15) is 17.5 Å². The Bertz CT molecular complexity index is 535. The Morgan fingerprint density at radius 2 is 1.95 bits per heavy atom. The van der Waals surface area contributed by atoms with Crippen LogP contribution in [0.15, 0.2) is 18.2 Å². The zero-order valence-electron chi connectivity index (χ0n) is 12.0. The number of aliphatic carboxylic acids is 1. The van der Waals surface area contributed by atoms with Gasteiger partial charge in [0, 0.05) is 12.5 Å². The molecule has 0 radical (unpaired) electrons. The highest BCUT2D eigenvalue weighted by molar-refractivity contribution is 5.87. The minimum Gasteiger partial charge on any atom is -0.508 e. The molecule has 0 heterocycles. The van der Waals surface area contributed by atoms with E-state index in [2.05, 4.69) is 5.32 Å². The zero-order valence-corrected chi connectivity index (χ0v) is 12.0. The van der Waals surface area contributed by atoms with Crippen LogP contribution in [-0.2, 0) is 16.0 Å². The van der Waals surface area contributed by atoms with Crippen molar-refractivity contribution in [1.29, 1.82) is 0 Å². The lowest BCUT2D eigenvalue weighted by molar-refractivity contribution is -0.142. The molecule has 0 aliphatic carbocycles. The molecule has 1 rings (SSSR count). The SMILES string of the molecule is NCCC[C@H](N)C(=O)N[C@@H](Cc1ccc(O)cc1O)C(=O)O. The lowest BCUT2D eigenvalue weighted by Crippen LogP contribution is -2.49.